The van der Waals surface area contributed by atoms with E-state index >= 15 is 0 Å². The molecule has 92 valence electrons. The van der Waals surface area contributed by atoms with Gasteiger partial charge in [-0.05, 0) is 12.1 Å². The molecule has 0 atom stereocenters. The zero-order valence-electron chi connectivity index (χ0n) is 8.14. The van der Waals surface area contributed by atoms with Gasteiger partial charge in [0.15, 0.2) is 0 Å². The minimum Gasteiger partial charge on any atom is -0.277 e. The molecule has 0 radical (unpaired) electrons. The van der Waals surface area contributed by atoms with E-state index in [4.69, 9.17) is 5.84 Å². The van der Waals surface area contributed by atoms with Crippen molar-refractivity contribution < 1.29 is 22.9 Å². The van der Waals surface area contributed by atoms with Gasteiger partial charge in [0.05, 0.1) is 10.5 Å². The number of rotatable bonds is 3. The molecule has 0 aliphatic heterocycles. The molecule has 0 saturated carbocycles. The highest BCUT2D eigenvalue weighted by Gasteiger charge is 2.33. The fraction of sp³-hybridized carbons (Fsp3) is 0.125. The molecule has 0 saturated heterocycles. The van der Waals surface area contributed by atoms with E-state index in [0.717, 1.165) is 6.07 Å². The van der Waals surface area contributed by atoms with Crippen LogP contribution in [0.3, 0.4) is 0 Å². The number of benzene rings is 1. The van der Waals surface area contributed by atoms with Crippen molar-refractivity contribution in [1.82, 2.24) is 0 Å². The Morgan fingerprint density at radius 1 is 1.41 bits per heavy atom. The van der Waals surface area contributed by atoms with Crippen molar-refractivity contribution in [1.29, 1.82) is 0 Å². The van der Waals surface area contributed by atoms with Crippen LogP contribution in [0.1, 0.15) is 5.56 Å². The number of nitrogens with zero attached hydrogens (tertiary/aromatic N) is 2. The number of hydrogen-bond donors (Lipinski definition) is 1. The number of hydrazine groups is 1. The number of halogens is 3. The maximum absolute atomic E-state index is 12.3. The summed E-state index contributed by atoms with van der Waals surface area (Å²) < 4.78 is 36.9. The van der Waals surface area contributed by atoms with Crippen molar-refractivity contribution in [3.63, 3.8) is 0 Å². The van der Waals surface area contributed by atoms with Crippen molar-refractivity contribution in [3.05, 3.63) is 33.9 Å². The lowest BCUT2D eigenvalue weighted by Gasteiger charge is -2.12. The van der Waals surface area contributed by atoms with Gasteiger partial charge < -0.3 is 0 Å². The molecule has 0 fully saturated rings. The molecular weight excluding hydrogens is 243 g/mol. The van der Waals surface area contributed by atoms with E-state index in [1.54, 1.807) is 0 Å². The summed E-state index contributed by atoms with van der Waals surface area (Å²) in [5, 5.41) is 10.9. The van der Waals surface area contributed by atoms with Crippen LogP contribution in [-0.2, 0) is 11.0 Å². The number of carbonyl (C=O) groups excluding carboxylic acids is 1. The highest BCUT2D eigenvalue weighted by Crippen LogP contribution is 2.35. The van der Waals surface area contributed by atoms with Crippen LogP contribution < -0.4 is 10.9 Å². The van der Waals surface area contributed by atoms with Crippen LogP contribution in [0.2, 0.25) is 0 Å². The van der Waals surface area contributed by atoms with Gasteiger partial charge in [0, 0.05) is 6.07 Å². The molecule has 0 heterocycles. The number of anilines is 1. The molecule has 0 aromatic heterocycles. The minimum absolute atomic E-state index is 0.0512. The Hall–Kier alpha value is -2.16. The summed E-state index contributed by atoms with van der Waals surface area (Å²) in [7, 11) is 0. The van der Waals surface area contributed by atoms with Crippen LogP contribution >= 0.6 is 0 Å². The summed E-state index contributed by atoms with van der Waals surface area (Å²) >= 11 is 0. The smallest absolute Gasteiger partial charge is 0.277 e. The summed E-state index contributed by atoms with van der Waals surface area (Å²) in [6.45, 7) is 0. The van der Waals surface area contributed by atoms with E-state index in [0.29, 0.717) is 17.1 Å². The third-order valence-corrected chi connectivity index (χ3v) is 1.89. The van der Waals surface area contributed by atoms with Crippen LogP contribution in [0.4, 0.5) is 24.5 Å². The predicted octanol–water partition coefficient (Wildman–Crippen LogP) is 1.45. The molecule has 0 bridgehead atoms. The second-order valence-corrected chi connectivity index (χ2v) is 2.97. The molecule has 0 aliphatic carbocycles. The number of carbonyl (C=O) groups is 1. The standard InChI is InChI=1S/C8H6F3N3O3/c9-8(10,11)5-1-2-6(13(12)4-15)7(3-5)14(16)17/h1-4H,12H2. The van der Waals surface area contributed by atoms with E-state index in [2.05, 4.69) is 0 Å². The van der Waals surface area contributed by atoms with E-state index in [1.165, 1.54) is 0 Å². The van der Waals surface area contributed by atoms with Gasteiger partial charge in [-0.15, -0.1) is 0 Å². The zero-order chi connectivity index (χ0) is 13.2. The molecule has 1 rings (SSSR count). The second kappa shape index (κ2) is 4.37. The normalized spacial score (nSPS) is 11.1. The van der Waals surface area contributed by atoms with Gasteiger partial charge in [0.1, 0.15) is 5.69 Å². The Labute approximate surface area is 92.5 Å². The summed E-state index contributed by atoms with van der Waals surface area (Å²) in [5.74, 6) is 5.07. The molecule has 1 amide bonds. The van der Waals surface area contributed by atoms with Crippen LogP contribution in [0, 0.1) is 10.1 Å². The number of nitro groups is 1. The van der Waals surface area contributed by atoms with Gasteiger partial charge in [-0.3, -0.25) is 14.9 Å². The van der Waals surface area contributed by atoms with E-state index < -0.39 is 28.0 Å². The number of nitro benzene ring substituents is 1. The Morgan fingerprint density at radius 2 is 2.00 bits per heavy atom. The SMILES string of the molecule is NN(C=O)c1ccc(C(F)(F)F)cc1[N+](=O)[O-]. The largest absolute Gasteiger partial charge is 0.416 e. The van der Waals surface area contributed by atoms with Crippen molar-refractivity contribution in [3.8, 4) is 0 Å². The number of alkyl halides is 3. The molecule has 6 nitrogen and oxygen atoms in total. The fourth-order valence-electron chi connectivity index (χ4n) is 1.12. The first kappa shape index (κ1) is 12.9. The first-order valence-corrected chi connectivity index (χ1v) is 4.12. The summed E-state index contributed by atoms with van der Waals surface area (Å²) in [4.78, 5) is 19.8. The lowest BCUT2D eigenvalue weighted by atomic mass is 10.1. The molecule has 1 aromatic carbocycles. The van der Waals surface area contributed by atoms with Gasteiger partial charge in [-0.1, -0.05) is 0 Å². The van der Waals surface area contributed by atoms with Crippen molar-refractivity contribution in [2.45, 2.75) is 6.18 Å². The first-order chi connectivity index (χ1) is 7.77. The fourth-order valence-corrected chi connectivity index (χ4v) is 1.12. The Kier molecular flexibility index (Phi) is 3.32. The number of nitrogens with two attached hydrogens (primary N) is 1. The highest BCUT2D eigenvalue weighted by molar-refractivity contribution is 5.79. The van der Waals surface area contributed by atoms with Gasteiger partial charge in [0.2, 0.25) is 6.41 Å². The number of hydrogen-bond acceptors (Lipinski definition) is 4. The average Bonchev–Trinajstić information content (AvgIpc) is 2.25. The van der Waals surface area contributed by atoms with Crippen LogP contribution in [-0.4, -0.2) is 11.3 Å². The maximum atomic E-state index is 12.3. The minimum atomic E-state index is -4.70. The van der Waals surface area contributed by atoms with Crippen LogP contribution in [0.5, 0.6) is 0 Å². The third-order valence-electron chi connectivity index (χ3n) is 1.89. The topological polar surface area (TPSA) is 89.5 Å². The zero-order valence-corrected chi connectivity index (χ0v) is 8.14. The Morgan fingerprint density at radius 3 is 2.41 bits per heavy atom. The highest BCUT2D eigenvalue weighted by atomic mass is 19.4. The molecule has 0 aliphatic rings. The van der Waals surface area contributed by atoms with Crippen LogP contribution in [0.15, 0.2) is 18.2 Å². The van der Waals surface area contributed by atoms with E-state index in [1.807, 2.05) is 0 Å². The molecule has 0 spiro atoms. The van der Waals surface area contributed by atoms with Crippen LogP contribution in [0.25, 0.3) is 0 Å². The van der Waals surface area contributed by atoms with Crippen molar-refractivity contribution in [2.75, 3.05) is 5.01 Å². The van der Waals surface area contributed by atoms with E-state index in [9.17, 15) is 28.1 Å². The van der Waals surface area contributed by atoms with Gasteiger partial charge in [0.25, 0.3) is 5.69 Å². The summed E-state index contributed by atoms with van der Waals surface area (Å²) in [6.07, 6.45) is -4.65. The van der Waals surface area contributed by atoms with Gasteiger partial charge in [-0.2, -0.15) is 13.2 Å². The second-order valence-electron chi connectivity index (χ2n) is 2.97. The Bertz CT molecular complexity index is 461. The molecule has 2 N–H and O–H groups in total. The third kappa shape index (κ3) is 2.69. The lowest BCUT2D eigenvalue weighted by molar-refractivity contribution is -0.384. The quantitative estimate of drug-likeness (QED) is 0.288. The Balaban J connectivity index is 3.37. The maximum Gasteiger partial charge on any atom is 0.416 e. The summed E-state index contributed by atoms with van der Waals surface area (Å²) in [6, 6.07) is 1.68. The molecular formula is C8H6F3N3O3. The molecule has 0 unspecified atom stereocenters. The molecule has 1 aromatic rings. The van der Waals surface area contributed by atoms with Gasteiger partial charge in [-0.25, -0.2) is 10.9 Å². The molecule has 9 heteroatoms. The first-order valence-electron chi connectivity index (χ1n) is 4.12. The van der Waals surface area contributed by atoms with E-state index in [-0.39, 0.29) is 6.41 Å². The van der Waals surface area contributed by atoms with Crippen molar-refractivity contribution >= 4 is 17.8 Å². The van der Waals surface area contributed by atoms with Gasteiger partial charge >= 0.3 is 6.18 Å². The lowest BCUT2D eigenvalue weighted by Crippen LogP contribution is -2.29. The average molecular weight is 249 g/mol. The molecule has 17 heavy (non-hydrogen) atoms. The summed E-state index contributed by atoms with van der Waals surface area (Å²) in [5.41, 5.74) is -2.50. The number of amides is 1. The monoisotopic (exact) mass is 249 g/mol. The van der Waals surface area contributed by atoms with Crippen molar-refractivity contribution in [2.24, 2.45) is 5.84 Å². The predicted molar refractivity (Wildman–Crippen MR) is 50.8 cm³/mol.